The average Bonchev–Trinajstić information content (AvgIpc) is 2.53. The van der Waals surface area contributed by atoms with E-state index in [-0.39, 0.29) is 0 Å². The molecule has 0 bridgehead atoms. The molecule has 0 saturated carbocycles. The molecule has 2 nitrogen and oxygen atoms in total. The van der Waals surface area contributed by atoms with E-state index in [0.29, 0.717) is 6.04 Å². The smallest absolute Gasteiger partial charge is 0.0991 e. The summed E-state index contributed by atoms with van der Waals surface area (Å²) in [5, 5.41) is 12.5. The van der Waals surface area contributed by atoms with E-state index in [0.717, 1.165) is 12.1 Å². The Hall–Kier alpha value is -2.11. The number of fused-ring (bicyclic) bond motifs is 1. The highest BCUT2D eigenvalue weighted by atomic mass is 14.9. The Morgan fingerprint density at radius 1 is 1.10 bits per heavy atom. The van der Waals surface area contributed by atoms with E-state index in [2.05, 4.69) is 35.7 Å². The minimum atomic E-state index is 0.454. The van der Waals surface area contributed by atoms with Gasteiger partial charge in [0.1, 0.15) is 0 Å². The Kier molecular flexibility index (Phi) is 3.80. The molecule has 2 aromatic carbocycles. The van der Waals surface area contributed by atoms with Crippen LogP contribution in [0, 0.1) is 11.3 Å². The van der Waals surface area contributed by atoms with E-state index in [1.165, 1.54) is 36.0 Å². The summed E-state index contributed by atoms with van der Waals surface area (Å²) in [5.41, 5.74) is 4.88. The summed E-state index contributed by atoms with van der Waals surface area (Å²) in [7, 11) is 0. The molecule has 1 aliphatic carbocycles. The van der Waals surface area contributed by atoms with E-state index in [9.17, 15) is 0 Å². The molecular weight excluding hydrogens is 244 g/mol. The number of nitrogens with zero attached hydrogens (tertiary/aromatic N) is 1. The summed E-state index contributed by atoms with van der Waals surface area (Å²) in [6.45, 7) is 0.852. The zero-order valence-electron chi connectivity index (χ0n) is 11.5. The maximum atomic E-state index is 8.81. The third-order valence-electron chi connectivity index (χ3n) is 4.01. The van der Waals surface area contributed by atoms with Gasteiger partial charge in [-0.3, -0.25) is 0 Å². The van der Waals surface area contributed by atoms with Crippen LogP contribution in [0.5, 0.6) is 0 Å². The van der Waals surface area contributed by atoms with Crippen molar-refractivity contribution in [3.63, 3.8) is 0 Å². The second kappa shape index (κ2) is 5.90. The summed E-state index contributed by atoms with van der Waals surface area (Å²) < 4.78 is 0. The first-order chi connectivity index (χ1) is 9.86. The van der Waals surface area contributed by atoms with Crippen LogP contribution < -0.4 is 5.32 Å². The first kappa shape index (κ1) is 12.9. The SMILES string of the molecule is N#Cc1ccc(CNC2CCCc3ccccc32)cc1. The topological polar surface area (TPSA) is 35.8 Å². The molecule has 2 heteroatoms. The highest BCUT2D eigenvalue weighted by molar-refractivity contribution is 5.33. The molecule has 1 N–H and O–H groups in total. The lowest BCUT2D eigenvalue weighted by Gasteiger charge is -2.26. The van der Waals surface area contributed by atoms with Gasteiger partial charge in [-0.15, -0.1) is 0 Å². The van der Waals surface area contributed by atoms with Crippen LogP contribution in [0.25, 0.3) is 0 Å². The lowest BCUT2D eigenvalue weighted by atomic mass is 9.87. The van der Waals surface area contributed by atoms with Crippen molar-refractivity contribution in [1.29, 1.82) is 5.26 Å². The maximum Gasteiger partial charge on any atom is 0.0991 e. The van der Waals surface area contributed by atoms with Crippen LogP contribution in [0.15, 0.2) is 48.5 Å². The fourth-order valence-electron chi connectivity index (χ4n) is 2.90. The van der Waals surface area contributed by atoms with Gasteiger partial charge in [0, 0.05) is 12.6 Å². The van der Waals surface area contributed by atoms with E-state index in [1.807, 2.05) is 24.3 Å². The largest absolute Gasteiger partial charge is 0.306 e. The monoisotopic (exact) mass is 262 g/mol. The molecule has 2 aromatic rings. The Morgan fingerprint density at radius 2 is 1.90 bits per heavy atom. The molecule has 1 unspecified atom stereocenters. The molecule has 0 fully saturated rings. The molecule has 100 valence electrons. The fourth-order valence-corrected chi connectivity index (χ4v) is 2.90. The van der Waals surface area contributed by atoms with Crippen LogP contribution in [-0.4, -0.2) is 0 Å². The number of hydrogen-bond donors (Lipinski definition) is 1. The van der Waals surface area contributed by atoms with E-state index in [4.69, 9.17) is 5.26 Å². The van der Waals surface area contributed by atoms with Gasteiger partial charge >= 0.3 is 0 Å². The molecule has 0 aromatic heterocycles. The first-order valence-corrected chi connectivity index (χ1v) is 7.17. The lowest BCUT2D eigenvalue weighted by Crippen LogP contribution is -2.24. The van der Waals surface area contributed by atoms with Crippen molar-refractivity contribution in [2.75, 3.05) is 0 Å². The van der Waals surface area contributed by atoms with Crippen molar-refractivity contribution in [3.05, 3.63) is 70.8 Å². The summed E-state index contributed by atoms with van der Waals surface area (Å²) >= 11 is 0. The number of rotatable bonds is 3. The molecule has 0 saturated heterocycles. The van der Waals surface area contributed by atoms with Gasteiger partial charge in [0.25, 0.3) is 0 Å². The van der Waals surface area contributed by atoms with Crippen molar-refractivity contribution in [3.8, 4) is 6.07 Å². The Balaban J connectivity index is 1.68. The molecule has 0 amide bonds. The molecule has 3 rings (SSSR count). The summed E-state index contributed by atoms with van der Waals surface area (Å²) in [6.07, 6.45) is 3.65. The molecule has 0 aliphatic heterocycles. The number of benzene rings is 2. The van der Waals surface area contributed by atoms with Crippen molar-refractivity contribution in [2.45, 2.75) is 31.8 Å². The third-order valence-corrected chi connectivity index (χ3v) is 4.01. The van der Waals surface area contributed by atoms with Crippen LogP contribution in [0.4, 0.5) is 0 Å². The minimum Gasteiger partial charge on any atom is -0.306 e. The predicted octanol–water partition coefficient (Wildman–Crippen LogP) is 3.73. The van der Waals surface area contributed by atoms with Gasteiger partial charge in [0.2, 0.25) is 0 Å². The lowest BCUT2D eigenvalue weighted by molar-refractivity contribution is 0.459. The van der Waals surface area contributed by atoms with Crippen LogP contribution >= 0.6 is 0 Å². The Morgan fingerprint density at radius 3 is 2.70 bits per heavy atom. The fraction of sp³-hybridized carbons (Fsp3) is 0.278. The van der Waals surface area contributed by atoms with Crippen molar-refractivity contribution < 1.29 is 0 Å². The summed E-state index contributed by atoms with van der Waals surface area (Å²) in [6, 6.07) is 19.2. The Bertz CT molecular complexity index is 623. The predicted molar refractivity (Wildman–Crippen MR) is 80.1 cm³/mol. The van der Waals surface area contributed by atoms with Crippen LogP contribution in [0.1, 0.15) is 41.1 Å². The summed E-state index contributed by atoms with van der Waals surface area (Å²) in [5.74, 6) is 0. The minimum absolute atomic E-state index is 0.454. The zero-order valence-corrected chi connectivity index (χ0v) is 11.5. The van der Waals surface area contributed by atoms with E-state index in [1.54, 1.807) is 0 Å². The van der Waals surface area contributed by atoms with Gasteiger partial charge in [-0.25, -0.2) is 0 Å². The highest BCUT2D eigenvalue weighted by Gasteiger charge is 2.18. The molecular formula is C18H18N2. The molecule has 20 heavy (non-hydrogen) atoms. The number of aryl methyl sites for hydroxylation is 1. The highest BCUT2D eigenvalue weighted by Crippen LogP contribution is 2.29. The standard InChI is InChI=1S/C18H18N2/c19-12-14-8-10-15(11-9-14)13-20-18-7-3-5-16-4-1-2-6-17(16)18/h1-2,4,6,8-11,18,20H,3,5,7,13H2. The molecule has 0 heterocycles. The quantitative estimate of drug-likeness (QED) is 0.915. The van der Waals surface area contributed by atoms with Gasteiger partial charge in [-0.05, 0) is 48.1 Å². The molecule has 0 spiro atoms. The number of hydrogen-bond acceptors (Lipinski definition) is 2. The van der Waals surface area contributed by atoms with Crippen molar-refractivity contribution in [1.82, 2.24) is 5.32 Å². The normalized spacial score (nSPS) is 17.2. The Labute approximate surface area is 120 Å². The van der Waals surface area contributed by atoms with Gasteiger partial charge < -0.3 is 5.32 Å². The second-order valence-corrected chi connectivity index (χ2v) is 5.33. The maximum absolute atomic E-state index is 8.81. The first-order valence-electron chi connectivity index (χ1n) is 7.17. The van der Waals surface area contributed by atoms with Crippen LogP contribution in [-0.2, 0) is 13.0 Å². The van der Waals surface area contributed by atoms with Gasteiger partial charge in [-0.2, -0.15) is 5.26 Å². The number of nitriles is 1. The summed E-state index contributed by atoms with van der Waals surface area (Å²) in [4.78, 5) is 0. The second-order valence-electron chi connectivity index (χ2n) is 5.33. The van der Waals surface area contributed by atoms with Crippen LogP contribution in [0.2, 0.25) is 0 Å². The average molecular weight is 262 g/mol. The zero-order chi connectivity index (χ0) is 13.8. The molecule has 1 aliphatic rings. The van der Waals surface area contributed by atoms with E-state index >= 15 is 0 Å². The molecule has 1 atom stereocenters. The van der Waals surface area contributed by atoms with Gasteiger partial charge in [-0.1, -0.05) is 36.4 Å². The van der Waals surface area contributed by atoms with Gasteiger partial charge in [0.15, 0.2) is 0 Å². The van der Waals surface area contributed by atoms with Gasteiger partial charge in [0.05, 0.1) is 11.6 Å². The van der Waals surface area contributed by atoms with Crippen molar-refractivity contribution in [2.24, 2.45) is 0 Å². The van der Waals surface area contributed by atoms with Crippen molar-refractivity contribution >= 4 is 0 Å². The van der Waals surface area contributed by atoms with Crippen LogP contribution in [0.3, 0.4) is 0 Å². The molecule has 0 radical (unpaired) electrons. The number of nitrogens with one attached hydrogen (secondary N) is 1. The van der Waals surface area contributed by atoms with E-state index < -0.39 is 0 Å². The third kappa shape index (κ3) is 2.74.